The van der Waals surface area contributed by atoms with Crippen LogP contribution >= 0.6 is 11.6 Å². The maximum Gasteiger partial charge on any atom is 0.325 e. The summed E-state index contributed by atoms with van der Waals surface area (Å²) in [6.45, 7) is 3.84. The molecule has 30 heavy (non-hydrogen) atoms. The van der Waals surface area contributed by atoms with Crippen molar-refractivity contribution in [1.82, 2.24) is 15.5 Å². The van der Waals surface area contributed by atoms with Gasteiger partial charge < -0.3 is 10.6 Å². The van der Waals surface area contributed by atoms with E-state index in [0.29, 0.717) is 23.6 Å². The maximum absolute atomic E-state index is 13.0. The smallest absolute Gasteiger partial charge is 0.325 e. The van der Waals surface area contributed by atoms with Crippen LogP contribution in [0.3, 0.4) is 0 Å². The fourth-order valence-corrected chi connectivity index (χ4v) is 3.78. The van der Waals surface area contributed by atoms with Gasteiger partial charge in [-0.1, -0.05) is 61.3 Å². The van der Waals surface area contributed by atoms with E-state index >= 15 is 0 Å². The van der Waals surface area contributed by atoms with Gasteiger partial charge in [0.05, 0.1) is 0 Å². The van der Waals surface area contributed by atoms with Crippen molar-refractivity contribution in [2.24, 2.45) is 0 Å². The van der Waals surface area contributed by atoms with Crippen LogP contribution in [0, 0.1) is 0 Å². The number of hydrogen-bond acceptors (Lipinski definition) is 3. The minimum atomic E-state index is -1.18. The number of carbonyl (C=O) groups is 3. The molecule has 1 atom stereocenters. The number of imide groups is 1. The number of rotatable bonds is 8. The molecule has 0 aromatic heterocycles. The molecule has 1 heterocycles. The summed E-state index contributed by atoms with van der Waals surface area (Å²) in [5.41, 5.74) is 1.70. The van der Waals surface area contributed by atoms with Gasteiger partial charge in [0.1, 0.15) is 12.1 Å². The van der Waals surface area contributed by atoms with E-state index in [0.717, 1.165) is 23.3 Å². The summed E-state index contributed by atoms with van der Waals surface area (Å²) in [6.07, 6.45) is 2.60. The summed E-state index contributed by atoms with van der Waals surface area (Å²) < 4.78 is 0. The summed E-state index contributed by atoms with van der Waals surface area (Å²) in [4.78, 5) is 38.6. The van der Waals surface area contributed by atoms with Crippen LogP contribution in [-0.4, -0.2) is 35.8 Å². The van der Waals surface area contributed by atoms with Crippen LogP contribution in [0.1, 0.15) is 37.0 Å². The number of halogens is 1. The lowest BCUT2D eigenvalue weighted by Crippen LogP contribution is -2.43. The van der Waals surface area contributed by atoms with Crippen LogP contribution in [0.25, 0.3) is 0 Å². The summed E-state index contributed by atoms with van der Waals surface area (Å²) in [5, 5.41) is 6.12. The molecule has 0 saturated carbocycles. The number of benzene rings is 2. The number of nitrogens with zero attached hydrogens (tertiary/aromatic N) is 1. The van der Waals surface area contributed by atoms with E-state index in [4.69, 9.17) is 11.6 Å². The first kappa shape index (κ1) is 21.8. The zero-order valence-electron chi connectivity index (χ0n) is 17.2. The molecule has 1 aliphatic heterocycles. The topological polar surface area (TPSA) is 78.5 Å². The zero-order valence-corrected chi connectivity index (χ0v) is 18.0. The van der Waals surface area contributed by atoms with E-state index in [1.165, 1.54) is 5.56 Å². The molecule has 0 bridgehead atoms. The first-order chi connectivity index (χ1) is 14.3. The summed E-state index contributed by atoms with van der Waals surface area (Å²) in [7, 11) is 0. The molecule has 0 aliphatic carbocycles. The molecule has 1 unspecified atom stereocenters. The van der Waals surface area contributed by atoms with Crippen molar-refractivity contribution in [1.29, 1.82) is 0 Å². The largest absolute Gasteiger partial charge is 0.354 e. The molecule has 2 N–H and O–H groups in total. The Hall–Kier alpha value is -2.86. The summed E-state index contributed by atoms with van der Waals surface area (Å²) >= 11 is 5.96. The van der Waals surface area contributed by atoms with E-state index in [9.17, 15) is 14.4 Å². The predicted molar refractivity (Wildman–Crippen MR) is 116 cm³/mol. The number of aryl methyl sites for hydroxylation is 1. The Morgan fingerprint density at radius 1 is 1.10 bits per heavy atom. The van der Waals surface area contributed by atoms with Crippen molar-refractivity contribution in [3.63, 3.8) is 0 Å². The zero-order chi connectivity index (χ0) is 21.7. The van der Waals surface area contributed by atoms with Crippen LogP contribution in [0.5, 0.6) is 0 Å². The number of hydrogen-bond donors (Lipinski definition) is 2. The first-order valence-corrected chi connectivity index (χ1v) is 10.5. The molecular formula is C23H26ClN3O3. The van der Waals surface area contributed by atoms with Gasteiger partial charge in [-0.15, -0.1) is 0 Å². The van der Waals surface area contributed by atoms with E-state index in [-0.39, 0.29) is 12.5 Å². The van der Waals surface area contributed by atoms with E-state index in [1.54, 1.807) is 13.0 Å². The fourth-order valence-electron chi connectivity index (χ4n) is 3.57. The number of urea groups is 1. The Kier molecular flexibility index (Phi) is 6.77. The Balaban J connectivity index is 1.59. The van der Waals surface area contributed by atoms with Gasteiger partial charge in [-0.2, -0.15) is 0 Å². The lowest BCUT2D eigenvalue weighted by atomic mass is 9.91. The number of nitrogens with one attached hydrogen (secondary N) is 2. The van der Waals surface area contributed by atoms with Gasteiger partial charge in [-0.3, -0.25) is 14.5 Å². The fraction of sp³-hybridized carbons (Fsp3) is 0.348. The lowest BCUT2D eigenvalue weighted by molar-refractivity contribution is -0.134. The van der Waals surface area contributed by atoms with Gasteiger partial charge in [0.2, 0.25) is 5.91 Å². The monoisotopic (exact) mass is 427 g/mol. The molecule has 7 heteroatoms. The number of carbonyl (C=O) groups excluding carboxylic acids is 3. The standard InChI is InChI=1S/C23H26ClN3O3/c1-3-5-16-8-10-18(11-9-16)23(2)21(29)27(22(30)26-23)15-20(28)25-13-12-17-6-4-7-19(24)14-17/h4,6-11,14H,3,5,12-13,15H2,1-2H3,(H,25,28)(H,26,30). The minimum Gasteiger partial charge on any atom is -0.354 e. The lowest BCUT2D eigenvalue weighted by Gasteiger charge is -2.22. The van der Waals surface area contributed by atoms with Crippen LogP contribution < -0.4 is 10.6 Å². The molecule has 2 aromatic carbocycles. The average Bonchev–Trinajstić information content (AvgIpc) is 2.93. The molecule has 0 radical (unpaired) electrons. The Morgan fingerprint density at radius 3 is 2.50 bits per heavy atom. The SMILES string of the molecule is CCCc1ccc(C2(C)NC(=O)N(CC(=O)NCCc3cccc(Cl)c3)C2=O)cc1. The van der Waals surface area contributed by atoms with Crippen LogP contribution in [-0.2, 0) is 28.0 Å². The van der Waals surface area contributed by atoms with Gasteiger partial charge in [-0.05, 0) is 48.6 Å². The van der Waals surface area contributed by atoms with Gasteiger partial charge in [0, 0.05) is 11.6 Å². The molecule has 0 spiro atoms. The third-order valence-corrected chi connectivity index (χ3v) is 5.51. The normalized spacial score (nSPS) is 18.4. The third kappa shape index (κ3) is 4.82. The second-order valence-electron chi connectivity index (χ2n) is 7.62. The molecule has 1 aliphatic rings. The van der Waals surface area contributed by atoms with Crippen molar-refractivity contribution < 1.29 is 14.4 Å². The van der Waals surface area contributed by atoms with Crippen LogP contribution in [0.15, 0.2) is 48.5 Å². The molecule has 3 rings (SSSR count). The van der Waals surface area contributed by atoms with Crippen molar-refractivity contribution in [2.75, 3.05) is 13.1 Å². The highest BCUT2D eigenvalue weighted by Gasteiger charge is 2.49. The molecule has 2 aromatic rings. The van der Waals surface area contributed by atoms with E-state index in [1.807, 2.05) is 42.5 Å². The molecule has 1 saturated heterocycles. The molecular weight excluding hydrogens is 402 g/mol. The van der Waals surface area contributed by atoms with Crippen molar-refractivity contribution in [2.45, 2.75) is 38.6 Å². The van der Waals surface area contributed by atoms with Crippen molar-refractivity contribution >= 4 is 29.4 Å². The molecule has 158 valence electrons. The molecule has 6 nitrogen and oxygen atoms in total. The quantitative estimate of drug-likeness (QED) is 0.633. The van der Waals surface area contributed by atoms with Gasteiger partial charge in [-0.25, -0.2) is 4.79 Å². The van der Waals surface area contributed by atoms with Crippen LogP contribution in [0.4, 0.5) is 4.79 Å². The Bertz CT molecular complexity index is 945. The van der Waals surface area contributed by atoms with E-state index < -0.39 is 17.5 Å². The predicted octanol–water partition coefficient (Wildman–Crippen LogP) is 3.42. The summed E-state index contributed by atoms with van der Waals surface area (Å²) in [6, 6.07) is 14.5. The van der Waals surface area contributed by atoms with Gasteiger partial charge in [0.15, 0.2) is 0 Å². The van der Waals surface area contributed by atoms with Crippen LogP contribution in [0.2, 0.25) is 5.02 Å². The number of amides is 4. The Morgan fingerprint density at radius 2 is 1.83 bits per heavy atom. The average molecular weight is 428 g/mol. The molecule has 4 amide bonds. The highest BCUT2D eigenvalue weighted by atomic mass is 35.5. The second kappa shape index (κ2) is 9.30. The highest BCUT2D eigenvalue weighted by Crippen LogP contribution is 2.29. The maximum atomic E-state index is 13.0. The Labute approximate surface area is 181 Å². The third-order valence-electron chi connectivity index (χ3n) is 5.27. The second-order valence-corrected chi connectivity index (χ2v) is 8.06. The summed E-state index contributed by atoms with van der Waals surface area (Å²) in [5.74, 6) is -0.816. The van der Waals surface area contributed by atoms with Gasteiger partial charge in [0.25, 0.3) is 5.91 Å². The molecule has 1 fully saturated rings. The van der Waals surface area contributed by atoms with Crippen molar-refractivity contribution in [3.05, 3.63) is 70.2 Å². The van der Waals surface area contributed by atoms with E-state index in [2.05, 4.69) is 17.6 Å². The van der Waals surface area contributed by atoms with Crippen molar-refractivity contribution in [3.8, 4) is 0 Å². The van der Waals surface area contributed by atoms with Gasteiger partial charge >= 0.3 is 6.03 Å². The highest BCUT2D eigenvalue weighted by molar-refractivity contribution is 6.30. The first-order valence-electron chi connectivity index (χ1n) is 10.1. The minimum absolute atomic E-state index is 0.316.